The van der Waals surface area contributed by atoms with Gasteiger partial charge in [-0.25, -0.2) is 0 Å². The molecule has 0 fully saturated rings. The fourth-order valence-corrected chi connectivity index (χ4v) is 1.53. The van der Waals surface area contributed by atoms with Crippen molar-refractivity contribution in [2.24, 2.45) is 0 Å². The van der Waals surface area contributed by atoms with Crippen molar-refractivity contribution in [1.82, 2.24) is 4.90 Å². The van der Waals surface area contributed by atoms with E-state index in [4.69, 9.17) is 5.11 Å². The highest BCUT2D eigenvalue weighted by molar-refractivity contribution is 7.80. The zero-order chi connectivity index (χ0) is 9.94. The van der Waals surface area contributed by atoms with Gasteiger partial charge in [0.25, 0.3) is 0 Å². The highest BCUT2D eigenvalue weighted by atomic mass is 32.1. The van der Waals surface area contributed by atoms with Crippen LogP contribution in [-0.4, -0.2) is 42.0 Å². The normalized spacial score (nSPS) is 11.1. The Morgan fingerprint density at radius 3 is 2.31 bits per heavy atom. The van der Waals surface area contributed by atoms with Crippen LogP contribution in [-0.2, 0) is 0 Å². The van der Waals surface area contributed by atoms with Crippen LogP contribution in [0.3, 0.4) is 0 Å². The first-order valence-corrected chi connectivity index (χ1v) is 5.92. The minimum atomic E-state index is 0.282. The molecule has 0 rings (SSSR count). The van der Waals surface area contributed by atoms with Crippen LogP contribution in [0.15, 0.2) is 0 Å². The smallest absolute Gasteiger partial charge is 0.0558 e. The molecule has 80 valence electrons. The molecule has 1 N–H and O–H groups in total. The third kappa shape index (κ3) is 8.60. The van der Waals surface area contributed by atoms with Crippen molar-refractivity contribution in [2.75, 3.05) is 32.0 Å². The number of unbranched alkanes of at least 4 members (excludes halogenated alkanes) is 2. The monoisotopic (exact) mass is 205 g/mol. The first kappa shape index (κ1) is 13.3. The number of hydrogen-bond donors (Lipinski definition) is 2. The highest BCUT2D eigenvalue weighted by Crippen LogP contribution is 1.99. The molecule has 0 aromatic rings. The number of hydrogen-bond acceptors (Lipinski definition) is 3. The van der Waals surface area contributed by atoms with Crippen LogP contribution in [0.4, 0.5) is 0 Å². The lowest BCUT2D eigenvalue weighted by molar-refractivity contribution is 0.192. The molecule has 0 aliphatic rings. The van der Waals surface area contributed by atoms with Crippen molar-refractivity contribution in [3.8, 4) is 0 Å². The van der Waals surface area contributed by atoms with E-state index in [0.717, 1.165) is 25.4 Å². The lowest BCUT2D eigenvalue weighted by atomic mass is 10.2. The van der Waals surface area contributed by atoms with Gasteiger partial charge in [0, 0.05) is 6.54 Å². The Labute approximate surface area is 87.7 Å². The third-order valence-corrected chi connectivity index (χ3v) is 2.44. The lowest BCUT2D eigenvalue weighted by Gasteiger charge is -2.20. The second-order valence-electron chi connectivity index (χ2n) is 3.35. The maximum absolute atomic E-state index is 8.84. The minimum Gasteiger partial charge on any atom is -0.395 e. The molecule has 0 spiro atoms. The molecule has 0 aliphatic carbocycles. The summed E-state index contributed by atoms with van der Waals surface area (Å²) in [6.45, 7) is 5.55. The summed E-state index contributed by atoms with van der Waals surface area (Å²) in [5.41, 5.74) is 0. The quantitative estimate of drug-likeness (QED) is 0.443. The van der Waals surface area contributed by atoms with E-state index >= 15 is 0 Å². The van der Waals surface area contributed by atoms with Gasteiger partial charge >= 0.3 is 0 Å². The van der Waals surface area contributed by atoms with Gasteiger partial charge in [-0.3, -0.25) is 0 Å². The van der Waals surface area contributed by atoms with Crippen molar-refractivity contribution in [2.45, 2.75) is 32.6 Å². The topological polar surface area (TPSA) is 23.5 Å². The summed E-state index contributed by atoms with van der Waals surface area (Å²) < 4.78 is 0. The van der Waals surface area contributed by atoms with Crippen molar-refractivity contribution >= 4 is 12.6 Å². The summed E-state index contributed by atoms with van der Waals surface area (Å²) in [5, 5.41) is 8.84. The SMILES string of the molecule is CCCCN(CCO)CCCCS. The summed E-state index contributed by atoms with van der Waals surface area (Å²) in [7, 11) is 0. The predicted molar refractivity (Wildman–Crippen MR) is 61.5 cm³/mol. The second-order valence-corrected chi connectivity index (χ2v) is 3.80. The molecule has 13 heavy (non-hydrogen) atoms. The number of nitrogens with zero attached hydrogens (tertiary/aromatic N) is 1. The molecule has 0 unspecified atom stereocenters. The summed E-state index contributed by atoms with van der Waals surface area (Å²) in [6, 6.07) is 0. The van der Waals surface area contributed by atoms with E-state index in [2.05, 4.69) is 24.5 Å². The lowest BCUT2D eigenvalue weighted by Crippen LogP contribution is -2.29. The Bertz CT molecular complexity index is 101. The third-order valence-electron chi connectivity index (χ3n) is 2.13. The zero-order valence-electron chi connectivity index (χ0n) is 8.71. The van der Waals surface area contributed by atoms with E-state index in [-0.39, 0.29) is 6.61 Å². The fourth-order valence-electron chi connectivity index (χ4n) is 1.31. The highest BCUT2D eigenvalue weighted by Gasteiger charge is 2.01. The molecular weight excluding hydrogens is 182 g/mol. The van der Waals surface area contributed by atoms with Gasteiger partial charge in [-0.2, -0.15) is 12.6 Å². The molecule has 0 atom stereocenters. The average Bonchev–Trinajstić information content (AvgIpc) is 2.14. The van der Waals surface area contributed by atoms with Gasteiger partial charge in [0.15, 0.2) is 0 Å². The molecule has 2 nitrogen and oxygen atoms in total. The van der Waals surface area contributed by atoms with Gasteiger partial charge in [0.2, 0.25) is 0 Å². The molecule has 0 heterocycles. The molecule has 0 amide bonds. The summed E-state index contributed by atoms with van der Waals surface area (Å²) in [6.07, 6.45) is 4.85. The predicted octanol–water partition coefficient (Wildman–Crippen LogP) is 1.79. The zero-order valence-corrected chi connectivity index (χ0v) is 9.60. The molecule has 0 bridgehead atoms. The van der Waals surface area contributed by atoms with Gasteiger partial charge in [0.1, 0.15) is 0 Å². The standard InChI is InChI=1S/C10H23NOS/c1-2-3-6-11(8-9-12)7-4-5-10-13/h12-13H,2-10H2,1H3. The Kier molecular flexibility index (Phi) is 10.6. The Balaban J connectivity index is 3.41. The molecule has 0 aromatic carbocycles. The summed E-state index contributed by atoms with van der Waals surface area (Å²) in [5.74, 6) is 0.973. The Morgan fingerprint density at radius 2 is 1.77 bits per heavy atom. The molecule has 0 saturated heterocycles. The Hall–Kier alpha value is 0.270. The molecule has 0 saturated carbocycles. The van der Waals surface area contributed by atoms with E-state index in [9.17, 15) is 0 Å². The first-order chi connectivity index (χ1) is 6.35. The van der Waals surface area contributed by atoms with Crippen LogP contribution in [0.25, 0.3) is 0 Å². The number of thiol groups is 1. The molecule has 3 heteroatoms. The number of aliphatic hydroxyl groups excluding tert-OH is 1. The van der Waals surface area contributed by atoms with Crippen LogP contribution in [0.1, 0.15) is 32.6 Å². The van der Waals surface area contributed by atoms with E-state index in [1.807, 2.05) is 0 Å². The Morgan fingerprint density at radius 1 is 1.08 bits per heavy atom. The van der Waals surface area contributed by atoms with Crippen LogP contribution in [0.5, 0.6) is 0 Å². The largest absolute Gasteiger partial charge is 0.395 e. The van der Waals surface area contributed by atoms with Gasteiger partial charge in [0.05, 0.1) is 6.61 Å². The van der Waals surface area contributed by atoms with Crippen LogP contribution >= 0.6 is 12.6 Å². The van der Waals surface area contributed by atoms with E-state index in [1.165, 1.54) is 25.7 Å². The van der Waals surface area contributed by atoms with Crippen molar-refractivity contribution in [1.29, 1.82) is 0 Å². The minimum absolute atomic E-state index is 0.282. The summed E-state index contributed by atoms with van der Waals surface area (Å²) in [4.78, 5) is 2.34. The van der Waals surface area contributed by atoms with E-state index < -0.39 is 0 Å². The number of rotatable bonds is 9. The maximum atomic E-state index is 8.84. The van der Waals surface area contributed by atoms with Crippen LogP contribution in [0.2, 0.25) is 0 Å². The van der Waals surface area contributed by atoms with Gasteiger partial charge < -0.3 is 10.0 Å². The van der Waals surface area contributed by atoms with Crippen molar-refractivity contribution in [3.05, 3.63) is 0 Å². The van der Waals surface area contributed by atoms with Crippen LogP contribution < -0.4 is 0 Å². The van der Waals surface area contributed by atoms with E-state index in [1.54, 1.807) is 0 Å². The van der Waals surface area contributed by atoms with Gasteiger partial charge in [-0.15, -0.1) is 0 Å². The van der Waals surface area contributed by atoms with Crippen molar-refractivity contribution < 1.29 is 5.11 Å². The van der Waals surface area contributed by atoms with Crippen molar-refractivity contribution in [3.63, 3.8) is 0 Å². The molecule has 0 aliphatic heterocycles. The first-order valence-electron chi connectivity index (χ1n) is 5.29. The molecule has 0 aromatic heterocycles. The fraction of sp³-hybridized carbons (Fsp3) is 1.00. The van der Waals surface area contributed by atoms with Gasteiger partial charge in [-0.05, 0) is 38.1 Å². The van der Waals surface area contributed by atoms with E-state index in [0.29, 0.717) is 0 Å². The molecule has 0 radical (unpaired) electrons. The number of aliphatic hydroxyl groups is 1. The maximum Gasteiger partial charge on any atom is 0.0558 e. The average molecular weight is 205 g/mol. The summed E-state index contributed by atoms with van der Waals surface area (Å²) >= 11 is 4.18. The second kappa shape index (κ2) is 10.4. The van der Waals surface area contributed by atoms with Crippen LogP contribution in [0, 0.1) is 0 Å². The molecular formula is C10H23NOS. The van der Waals surface area contributed by atoms with Gasteiger partial charge in [-0.1, -0.05) is 13.3 Å².